The van der Waals surface area contributed by atoms with Gasteiger partial charge in [-0.2, -0.15) is 10.4 Å². The van der Waals surface area contributed by atoms with Gasteiger partial charge in [-0.1, -0.05) is 13.8 Å². The normalized spacial score (nSPS) is 10.7. The molecular formula is C15H24N4O. The summed E-state index contributed by atoms with van der Waals surface area (Å²) in [5, 5.41) is 17.9. The molecule has 0 unspecified atom stereocenters. The second kappa shape index (κ2) is 7.81. The van der Waals surface area contributed by atoms with Gasteiger partial charge in [0.05, 0.1) is 12.3 Å². The minimum atomic E-state index is 0.341. The van der Waals surface area contributed by atoms with Crippen LogP contribution in [-0.2, 0) is 4.74 Å². The maximum atomic E-state index is 9.45. The predicted molar refractivity (Wildman–Crippen MR) is 79.8 cm³/mol. The summed E-state index contributed by atoms with van der Waals surface area (Å²) in [4.78, 5) is 2.15. The van der Waals surface area contributed by atoms with Crippen LogP contribution in [0.2, 0.25) is 0 Å². The van der Waals surface area contributed by atoms with E-state index in [2.05, 4.69) is 35.0 Å². The van der Waals surface area contributed by atoms with Gasteiger partial charge in [-0.25, -0.2) is 0 Å². The summed E-state index contributed by atoms with van der Waals surface area (Å²) in [6.07, 6.45) is 2.00. The SMILES string of the molecule is CCC(CC)N(CCOC)c1nnc(C)c(C)c1C#N. The molecule has 5 nitrogen and oxygen atoms in total. The molecule has 5 heteroatoms. The first-order valence-electron chi connectivity index (χ1n) is 7.10. The number of aryl methyl sites for hydroxylation is 1. The molecule has 0 fully saturated rings. The monoisotopic (exact) mass is 276 g/mol. The summed E-state index contributed by atoms with van der Waals surface area (Å²) in [6, 6.07) is 2.62. The van der Waals surface area contributed by atoms with Gasteiger partial charge in [0, 0.05) is 19.7 Å². The van der Waals surface area contributed by atoms with Crippen molar-refractivity contribution in [3.8, 4) is 6.07 Å². The molecule has 0 atom stereocenters. The van der Waals surface area contributed by atoms with Crippen molar-refractivity contribution >= 4 is 5.82 Å². The van der Waals surface area contributed by atoms with Crippen molar-refractivity contribution in [2.75, 3.05) is 25.2 Å². The van der Waals surface area contributed by atoms with Gasteiger partial charge in [0.1, 0.15) is 11.6 Å². The van der Waals surface area contributed by atoms with Crippen LogP contribution in [0.4, 0.5) is 5.82 Å². The Kier molecular flexibility index (Phi) is 6.40. The molecule has 110 valence electrons. The Labute approximate surface area is 121 Å². The number of hydrogen-bond acceptors (Lipinski definition) is 5. The van der Waals surface area contributed by atoms with Gasteiger partial charge >= 0.3 is 0 Å². The molecule has 0 aliphatic rings. The molecule has 1 aromatic rings. The third-order valence-corrected chi connectivity index (χ3v) is 3.74. The fourth-order valence-corrected chi connectivity index (χ4v) is 2.31. The summed E-state index contributed by atoms with van der Waals surface area (Å²) < 4.78 is 5.19. The summed E-state index contributed by atoms with van der Waals surface area (Å²) in [7, 11) is 1.68. The Morgan fingerprint density at radius 3 is 2.40 bits per heavy atom. The van der Waals surface area contributed by atoms with Crippen LogP contribution < -0.4 is 4.90 Å². The van der Waals surface area contributed by atoms with E-state index in [1.54, 1.807) is 7.11 Å². The van der Waals surface area contributed by atoms with Gasteiger partial charge in [0.15, 0.2) is 5.82 Å². The van der Waals surface area contributed by atoms with Crippen LogP contribution in [0.1, 0.15) is 43.5 Å². The van der Waals surface area contributed by atoms with Crippen LogP contribution in [0.3, 0.4) is 0 Å². The first-order valence-corrected chi connectivity index (χ1v) is 7.10. The van der Waals surface area contributed by atoms with Crippen LogP contribution >= 0.6 is 0 Å². The third-order valence-electron chi connectivity index (χ3n) is 3.74. The molecule has 20 heavy (non-hydrogen) atoms. The molecule has 1 heterocycles. The van der Waals surface area contributed by atoms with Gasteiger partial charge in [0.25, 0.3) is 0 Å². The Morgan fingerprint density at radius 1 is 1.25 bits per heavy atom. The average molecular weight is 276 g/mol. The van der Waals surface area contributed by atoms with Gasteiger partial charge in [0.2, 0.25) is 0 Å². The second-order valence-corrected chi connectivity index (χ2v) is 4.88. The lowest BCUT2D eigenvalue weighted by Gasteiger charge is -2.32. The molecule has 0 radical (unpaired) electrons. The number of aromatic nitrogens is 2. The largest absolute Gasteiger partial charge is 0.383 e. The molecule has 0 spiro atoms. The molecule has 0 aliphatic heterocycles. The van der Waals surface area contributed by atoms with E-state index < -0.39 is 0 Å². The maximum Gasteiger partial charge on any atom is 0.169 e. The van der Waals surface area contributed by atoms with Crippen molar-refractivity contribution in [1.82, 2.24) is 10.2 Å². The Hall–Kier alpha value is -1.67. The first-order chi connectivity index (χ1) is 9.60. The lowest BCUT2D eigenvalue weighted by atomic mass is 10.1. The quantitative estimate of drug-likeness (QED) is 0.766. The average Bonchev–Trinajstić information content (AvgIpc) is 2.46. The Bertz CT molecular complexity index is 477. The second-order valence-electron chi connectivity index (χ2n) is 4.88. The van der Waals surface area contributed by atoms with E-state index >= 15 is 0 Å². The highest BCUT2D eigenvalue weighted by Gasteiger charge is 2.22. The predicted octanol–water partition coefficient (Wildman–Crippen LogP) is 2.61. The van der Waals surface area contributed by atoms with Crippen LogP contribution in [0, 0.1) is 25.2 Å². The van der Waals surface area contributed by atoms with Crippen molar-refractivity contribution < 1.29 is 4.74 Å². The zero-order valence-electron chi connectivity index (χ0n) is 13.1. The van der Waals surface area contributed by atoms with Crippen molar-refractivity contribution in [3.63, 3.8) is 0 Å². The topological polar surface area (TPSA) is 62.0 Å². The van der Waals surface area contributed by atoms with Gasteiger partial charge < -0.3 is 9.64 Å². The number of nitrogens with zero attached hydrogens (tertiary/aromatic N) is 4. The molecule has 0 bridgehead atoms. The molecule has 0 aromatic carbocycles. The van der Waals surface area contributed by atoms with E-state index in [0.29, 0.717) is 30.6 Å². The number of ether oxygens (including phenoxy) is 1. The summed E-state index contributed by atoms with van der Waals surface area (Å²) in [5.74, 6) is 0.682. The molecule has 0 aliphatic carbocycles. The molecule has 1 rings (SSSR count). The summed E-state index contributed by atoms with van der Waals surface area (Å²) in [6.45, 7) is 9.42. The Balaban J connectivity index is 3.26. The zero-order valence-corrected chi connectivity index (χ0v) is 13.1. The molecule has 0 saturated carbocycles. The van der Waals surface area contributed by atoms with Crippen LogP contribution in [-0.4, -0.2) is 36.5 Å². The fraction of sp³-hybridized carbons (Fsp3) is 0.667. The van der Waals surface area contributed by atoms with E-state index in [1.165, 1.54) is 0 Å². The standard InChI is InChI=1S/C15H24N4O/c1-6-13(7-2)19(8-9-20-5)15-14(10-16)11(3)12(4)17-18-15/h13H,6-9H2,1-5H3. The van der Waals surface area contributed by atoms with Crippen molar-refractivity contribution in [2.24, 2.45) is 0 Å². The van der Waals surface area contributed by atoms with Gasteiger partial charge in [-0.3, -0.25) is 0 Å². The van der Waals surface area contributed by atoms with Crippen molar-refractivity contribution in [3.05, 3.63) is 16.8 Å². The summed E-state index contributed by atoms with van der Waals surface area (Å²) in [5.41, 5.74) is 2.34. The maximum absolute atomic E-state index is 9.45. The molecule has 1 aromatic heterocycles. The highest BCUT2D eigenvalue weighted by molar-refractivity contribution is 5.58. The van der Waals surface area contributed by atoms with Crippen molar-refractivity contribution in [1.29, 1.82) is 5.26 Å². The smallest absolute Gasteiger partial charge is 0.169 e. The van der Waals surface area contributed by atoms with Gasteiger partial charge in [-0.05, 0) is 32.3 Å². The number of methoxy groups -OCH3 is 1. The lowest BCUT2D eigenvalue weighted by Crippen LogP contribution is -2.38. The number of rotatable bonds is 7. The fourth-order valence-electron chi connectivity index (χ4n) is 2.31. The Morgan fingerprint density at radius 2 is 1.90 bits per heavy atom. The highest BCUT2D eigenvalue weighted by Crippen LogP contribution is 2.24. The minimum Gasteiger partial charge on any atom is -0.383 e. The van der Waals surface area contributed by atoms with E-state index in [0.717, 1.165) is 24.1 Å². The number of nitriles is 1. The van der Waals surface area contributed by atoms with Crippen molar-refractivity contribution in [2.45, 2.75) is 46.6 Å². The summed E-state index contributed by atoms with van der Waals surface area (Å²) >= 11 is 0. The molecule has 0 saturated heterocycles. The third kappa shape index (κ3) is 3.45. The van der Waals surface area contributed by atoms with E-state index in [4.69, 9.17) is 4.74 Å². The van der Waals surface area contributed by atoms with Crippen LogP contribution in [0.25, 0.3) is 0 Å². The van der Waals surface area contributed by atoms with Crippen LogP contribution in [0.15, 0.2) is 0 Å². The zero-order chi connectivity index (χ0) is 15.1. The van der Waals surface area contributed by atoms with Gasteiger partial charge in [-0.15, -0.1) is 5.10 Å². The lowest BCUT2D eigenvalue weighted by molar-refractivity contribution is 0.202. The molecule has 0 N–H and O–H groups in total. The highest BCUT2D eigenvalue weighted by atomic mass is 16.5. The molecular weight excluding hydrogens is 252 g/mol. The minimum absolute atomic E-state index is 0.341. The van der Waals surface area contributed by atoms with E-state index in [9.17, 15) is 5.26 Å². The van der Waals surface area contributed by atoms with Crippen LogP contribution in [0.5, 0.6) is 0 Å². The van der Waals surface area contributed by atoms with E-state index in [1.807, 2.05) is 13.8 Å². The number of hydrogen-bond donors (Lipinski definition) is 0. The molecule has 0 amide bonds. The number of anilines is 1. The first kappa shape index (κ1) is 16.4. The van der Waals surface area contributed by atoms with E-state index in [-0.39, 0.29) is 0 Å².